The number of fused-ring (bicyclic) bond motifs is 1. The lowest BCUT2D eigenvalue weighted by atomic mass is 10.0. The van der Waals surface area contributed by atoms with Crippen LogP contribution in [0.4, 0.5) is 4.39 Å². The van der Waals surface area contributed by atoms with Crippen LogP contribution in [0.2, 0.25) is 0 Å². The number of hydrogen-bond acceptors (Lipinski definition) is 7. The van der Waals surface area contributed by atoms with Gasteiger partial charge in [0, 0.05) is 31.6 Å². The second kappa shape index (κ2) is 9.00. The predicted molar refractivity (Wildman–Crippen MR) is 115 cm³/mol. The molecule has 1 amide bonds. The third kappa shape index (κ3) is 4.43. The molecule has 1 aromatic carbocycles. The van der Waals surface area contributed by atoms with Gasteiger partial charge in [-0.1, -0.05) is 0 Å². The Balaban J connectivity index is 1.54. The van der Waals surface area contributed by atoms with Gasteiger partial charge in [0.25, 0.3) is 5.91 Å². The lowest BCUT2D eigenvalue weighted by Gasteiger charge is -2.09. The van der Waals surface area contributed by atoms with E-state index in [1.54, 1.807) is 19.3 Å². The molecule has 1 atom stereocenters. The van der Waals surface area contributed by atoms with E-state index in [0.717, 1.165) is 31.4 Å². The van der Waals surface area contributed by atoms with Crippen molar-refractivity contribution in [3.8, 4) is 0 Å². The Kier molecular flexibility index (Phi) is 5.99. The summed E-state index contributed by atoms with van der Waals surface area (Å²) in [5.74, 6) is -0.115. The first-order chi connectivity index (χ1) is 15.1. The largest absolute Gasteiger partial charge is 0.393 e. The summed E-state index contributed by atoms with van der Waals surface area (Å²) in [5.41, 5.74) is 2.74. The molecule has 10 heteroatoms. The number of nitrogens with zero attached hydrogens (tertiary/aromatic N) is 3. The van der Waals surface area contributed by atoms with Gasteiger partial charge in [-0.15, -0.1) is 0 Å². The molecule has 1 aliphatic rings. The molecule has 31 heavy (non-hydrogen) atoms. The van der Waals surface area contributed by atoms with E-state index in [0.29, 0.717) is 27.9 Å². The van der Waals surface area contributed by atoms with Crippen LogP contribution in [-0.2, 0) is 6.54 Å². The second-order valence-electron chi connectivity index (χ2n) is 7.26. The molecule has 1 fully saturated rings. The molecule has 160 valence electrons. The smallest absolute Gasteiger partial charge is 0.272 e. The second-order valence-corrected chi connectivity index (χ2v) is 7.26. The minimum atomic E-state index is -0.447. The van der Waals surface area contributed by atoms with Crippen LogP contribution in [0.3, 0.4) is 0 Å². The first-order valence-corrected chi connectivity index (χ1v) is 9.99. The number of halogens is 1. The summed E-state index contributed by atoms with van der Waals surface area (Å²) in [6.07, 6.45) is 6.09. The molecule has 0 spiro atoms. The summed E-state index contributed by atoms with van der Waals surface area (Å²) in [5, 5.41) is 16.5. The third-order valence-electron chi connectivity index (χ3n) is 5.11. The third-order valence-corrected chi connectivity index (χ3v) is 5.11. The van der Waals surface area contributed by atoms with E-state index >= 15 is 0 Å². The molecule has 0 unspecified atom stereocenters. The Morgan fingerprint density at radius 1 is 1.35 bits per heavy atom. The van der Waals surface area contributed by atoms with Crippen LogP contribution in [-0.4, -0.2) is 45.7 Å². The molecule has 1 aliphatic heterocycles. The van der Waals surface area contributed by atoms with Crippen LogP contribution >= 0.6 is 0 Å². The Labute approximate surface area is 178 Å². The average molecular weight is 422 g/mol. The molecular weight excluding hydrogens is 399 g/mol. The van der Waals surface area contributed by atoms with Crippen molar-refractivity contribution >= 4 is 28.9 Å². The van der Waals surface area contributed by atoms with Crippen molar-refractivity contribution in [3.63, 3.8) is 0 Å². The van der Waals surface area contributed by atoms with Crippen molar-refractivity contribution in [1.82, 2.24) is 35.9 Å². The van der Waals surface area contributed by atoms with Gasteiger partial charge < -0.3 is 26.3 Å². The Morgan fingerprint density at radius 3 is 2.97 bits per heavy atom. The fraction of sp³-hybridized carbons (Fsp3) is 0.286. The van der Waals surface area contributed by atoms with E-state index in [-0.39, 0.29) is 18.3 Å². The first kappa shape index (κ1) is 20.6. The summed E-state index contributed by atoms with van der Waals surface area (Å²) in [7, 11) is 1.70. The number of carbonyl (C=O) groups is 1. The van der Waals surface area contributed by atoms with E-state index in [1.807, 2.05) is 0 Å². The van der Waals surface area contributed by atoms with E-state index in [9.17, 15) is 9.18 Å². The minimum Gasteiger partial charge on any atom is -0.393 e. The van der Waals surface area contributed by atoms with Gasteiger partial charge in [0.2, 0.25) is 0 Å². The van der Waals surface area contributed by atoms with Crippen molar-refractivity contribution in [3.05, 3.63) is 59.2 Å². The maximum atomic E-state index is 14.1. The number of carbonyl (C=O) groups excluding carboxylic acids is 1. The van der Waals surface area contributed by atoms with Gasteiger partial charge in [-0.3, -0.25) is 4.79 Å². The number of allylic oxidation sites excluding steroid dienone is 1. The summed E-state index contributed by atoms with van der Waals surface area (Å²) in [4.78, 5) is 28.8. The number of aromatic nitrogens is 4. The van der Waals surface area contributed by atoms with Crippen LogP contribution < -0.4 is 16.0 Å². The van der Waals surface area contributed by atoms with E-state index < -0.39 is 11.7 Å². The maximum absolute atomic E-state index is 14.1. The van der Waals surface area contributed by atoms with Gasteiger partial charge in [0.1, 0.15) is 23.5 Å². The van der Waals surface area contributed by atoms with Gasteiger partial charge in [-0.25, -0.2) is 19.3 Å². The van der Waals surface area contributed by atoms with Crippen molar-refractivity contribution in [2.45, 2.75) is 25.4 Å². The number of amides is 1. The van der Waals surface area contributed by atoms with Crippen LogP contribution in [0.25, 0.3) is 16.7 Å². The fourth-order valence-electron chi connectivity index (χ4n) is 3.65. The predicted octanol–water partition coefficient (Wildman–Crippen LogP) is 2.06. The summed E-state index contributed by atoms with van der Waals surface area (Å²) >= 11 is 0. The Bertz CT molecular complexity index is 1150. The maximum Gasteiger partial charge on any atom is 0.272 e. The lowest BCUT2D eigenvalue weighted by molar-refractivity contribution is 0.0947. The molecule has 0 radical (unpaired) electrons. The highest BCUT2D eigenvalue weighted by Gasteiger charge is 2.22. The summed E-state index contributed by atoms with van der Waals surface area (Å²) in [6, 6.07) is 4.54. The number of aromatic amines is 1. The zero-order chi connectivity index (χ0) is 21.8. The summed E-state index contributed by atoms with van der Waals surface area (Å²) in [6.45, 7) is 1.03. The van der Waals surface area contributed by atoms with E-state index in [2.05, 4.69) is 35.9 Å². The number of imidazole rings is 1. The molecule has 5 N–H and O–H groups in total. The molecular formula is C21H23FN8O. The van der Waals surface area contributed by atoms with Gasteiger partial charge >= 0.3 is 0 Å². The van der Waals surface area contributed by atoms with Crippen molar-refractivity contribution < 1.29 is 9.18 Å². The first-order valence-electron chi connectivity index (χ1n) is 9.99. The number of H-pyrrole nitrogens is 1. The number of nitrogens with one attached hydrogen (secondary N) is 5. The lowest BCUT2D eigenvalue weighted by Crippen LogP contribution is -2.24. The number of benzene rings is 1. The van der Waals surface area contributed by atoms with Crippen molar-refractivity contribution in [2.24, 2.45) is 0 Å². The molecule has 1 saturated heterocycles. The zero-order valence-corrected chi connectivity index (χ0v) is 17.0. The molecule has 0 aliphatic carbocycles. The molecule has 9 nitrogen and oxygen atoms in total. The SMILES string of the molecule is CN/C=C(\C=N)c1cc(F)cc(CNC(=O)c2ncnc3nc([C@@H]4CCCN4)[nH]c23)c1. The number of rotatable bonds is 7. The van der Waals surface area contributed by atoms with Gasteiger partial charge in [-0.2, -0.15) is 0 Å². The summed E-state index contributed by atoms with van der Waals surface area (Å²) < 4.78 is 14.1. The van der Waals surface area contributed by atoms with Gasteiger partial charge in [0.05, 0.1) is 6.04 Å². The quantitative estimate of drug-likeness (QED) is 0.370. The van der Waals surface area contributed by atoms with E-state index in [4.69, 9.17) is 5.41 Å². The van der Waals surface area contributed by atoms with Crippen LogP contribution in [0.1, 0.15) is 46.3 Å². The zero-order valence-electron chi connectivity index (χ0n) is 17.0. The monoisotopic (exact) mass is 422 g/mol. The molecule has 3 aromatic rings. The fourth-order valence-corrected chi connectivity index (χ4v) is 3.65. The van der Waals surface area contributed by atoms with Gasteiger partial charge in [0.15, 0.2) is 11.3 Å². The van der Waals surface area contributed by atoms with Crippen LogP contribution in [0.5, 0.6) is 0 Å². The minimum absolute atomic E-state index is 0.102. The number of hydrogen-bond donors (Lipinski definition) is 5. The highest BCUT2D eigenvalue weighted by Crippen LogP contribution is 2.23. The molecule has 0 bridgehead atoms. The van der Waals surface area contributed by atoms with E-state index in [1.165, 1.54) is 18.5 Å². The van der Waals surface area contributed by atoms with Crippen molar-refractivity contribution in [2.75, 3.05) is 13.6 Å². The Hall–Kier alpha value is -3.66. The van der Waals surface area contributed by atoms with Crippen LogP contribution in [0, 0.1) is 11.2 Å². The topological polar surface area (TPSA) is 131 Å². The van der Waals surface area contributed by atoms with Crippen molar-refractivity contribution in [1.29, 1.82) is 5.41 Å². The van der Waals surface area contributed by atoms with Gasteiger partial charge in [-0.05, 0) is 48.7 Å². The molecule has 0 saturated carbocycles. The normalized spacial score (nSPS) is 16.5. The Morgan fingerprint density at radius 2 is 2.23 bits per heavy atom. The molecule has 3 heterocycles. The highest BCUT2D eigenvalue weighted by atomic mass is 19.1. The highest BCUT2D eigenvalue weighted by molar-refractivity contribution is 6.08. The molecule has 4 rings (SSSR count). The standard InChI is InChI=1S/C21H23FN8O/c1-24-10-14(8-23)13-5-12(6-15(22)7-13)9-26-21(31)18-17-20(28-11-27-18)30-19(29-17)16-3-2-4-25-16/h5-8,10-11,16,23-25H,2-4,9H2,1H3,(H,26,31)(H,27,28,29,30)/b14-10+,23-8?/t16-/m0/s1. The van der Waals surface area contributed by atoms with Crippen LogP contribution in [0.15, 0.2) is 30.7 Å². The molecule has 2 aromatic heterocycles. The average Bonchev–Trinajstić information content (AvgIpc) is 3.44.